The molecule has 0 radical (unpaired) electrons. The second-order valence-corrected chi connectivity index (χ2v) is 8.61. The Morgan fingerprint density at radius 1 is 1.11 bits per heavy atom. The average molecular weight is 406 g/mol. The van der Waals surface area contributed by atoms with Crippen molar-refractivity contribution in [3.8, 4) is 5.75 Å². The van der Waals surface area contributed by atoms with Gasteiger partial charge in [0, 0.05) is 48.5 Å². The molecule has 8 heteroatoms. The molecule has 0 bridgehead atoms. The molecule has 0 atom stereocenters. The van der Waals surface area contributed by atoms with E-state index >= 15 is 0 Å². The standard InChI is InChI=1S/C19H20ClN3O3S/c1-26-18-6-5-17(22-11-8-21-9-12-22)16-7-10-23(19(16)18)27(24,25)15-4-2-3-14(20)13-15/h2-7,10,13,21H,8-9,11-12H2,1H3. The van der Waals surface area contributed by atoms with E-state index in [0.717, 1.165) is 37.3 Å². The first kappa shape index (κ1) is 18.2. The number of hydrogen-bond donors (Lipinski definition) is 1. The van der Waals surface area contributed by atoms with E-state index in [4.69, 9.17) is 16.3 Å². The molecule has 0 aliphatic carbocycles. The number of benzene rings is 2. The molecule has 0 spiro atoms. The van der Waals surface area contributed by atoms with Gasteiger partial charge in [-0.05, 0) is 36.4 Å². The quantitative estimate of drug-likeness (QED) is 0.723. The van der Waals surface area contributed by atoms with Gasteiger partial charge in [0.25, 0.3) is 10.0 Å². The number of ether oxygens (including phenoxy) is 1. The Bertz CT molecular complexity index is 1090. The zero-order valence-electron chi connectivity index (χ0n) is 14.9. The minimum atomic E-state index is -3.80. The van der Waals surface area contributed by atoms with Crippen molar-refractivity contribution in [2.24, 2.45) is 0 Å². The fraction of sp³-hybridized carbons (Fsp3) is 0.263. The van der Waals surface area contributed by atoms with Crippen molar-refractivity contribution >= 4 is 38.2 Å². The van der Waals surface area contributed by atoms with Gasteiger partial charge in [-0.15, -0.1) is 0 Å². The highest BCUT2D eigenvalue weighted by atomic mass is 35.5. The Balaban J connectivity index is 1.92. The number of nitrogens with one attached hydrogen (secondary N) is 1. The maximum Gasteiger partial charge on any atom is 0.268 e. The number of nitrogens with zero attached hydrogens (tertiary/aromatic N) is 2. The molecular weight excluding hydrogens is 386 g/mol. The molecule has 2 heterocycles. The fourth-order valence-electron chi connectivity index (χ4n) is 3.47. The number of hydrogen-bond acceptors (Lipinski definition) is 5. The summed E-state index contributed by atoms with van der Waals surface area (Å²) in [5.74, 6) is 0.513. The minimum absolute atomic E-state index is 0.141. The van der Waals surface area contributed by atoms with Crippen molar-refractivity contribution in [3.63, 3.8) is 0 Å². The largest absolute Gasteiger partial charge is 0.495 e. The number of halogens is 1. The van der Waals surface area contributed by atoms with Crippen LogP contribution in [-0.2, 0) is 10.0 Å². The Hall–Kier alpha value is -2.22. The van der Waals surface area contributed by atoms with E-state index in [1.807, 2.05) is 18.2 Å². The monoisotopic (exact) mass is 405 g/mol. The van der Waals surface area contributed by atoms with Crippen molar-refractivity contribution in [2.45, 2.75) is 4.90 Å². The topological polar surface area (TPSA) is 63.6 Å². The smallest absolute Gasteiger partial charge is 0.268 e. The first-order chi connectivity index (χ1) is 13.0. The Morgan fingerprint density at radius 3 is 2.59 bits per heavy atom. The van der Waals surface area contributed by atoms with Gasteiger partial charge in [-0.2, -0.15) is 0 Å². The molecule has 1 aliphatic heterocycles. The number of rotatable bonds is 4. The van der Waals surface area contributed by atoms with Crippen molar-refractivity contribution in [3.05, 3.63) is 53.7 Å². The maximum atomic E-state index is 13.2. The van der Waals surface area contributed by atoms with E-state index in [1.54, 1.807) is 31.5 Å². The molecule has 3 aromatic rings. The third-order valence-electron chi connectivity index (χ3n) is 4.78. The highest BCUT2D eigenvalue weighted by Crippen LogP contribution is 2.36. The fourth-order valence-corrected chi connectivity index (χ4v) is 5.13. The zero-order valence-corrected chi connectivity index (χ0v) is 16.4. The van der Waals surface area contributed by atoms with Gasteiger partial charge >= 0.3 is 0 Å². The second-order valence-electron chi connectivity index (χ2n) is 6.36. The van der Waals surface area contributed by atoms with Crippen LogP contribution in [0, 0.1) is 0 Å². The lowest BCUT2D eigenvalue weighted by Gasteiger charge is -2.30. The highest BCUT2D eigenvalue weighted by molar-refractivity contribution is 7.90. The molecule has 6 nitrogen and oxygen atoms in total. The molecular formula is C19H20ClN3O3S. The summed E-state index contributed by atoms with van der Waals surface area (Å²) in [7, 11) is -2.26. The summed E-state index contributed by atoms with van der Waals surface area (Å²) in [6.07, 6.45) is 1.58. The highest BCUT2D eigenvalue weighted by Gasteiger charge is 2.24. The Kier molecular flexibility index (Phi) is 4.75. The van der Waals surface area contributed by atoms with Crippen LogP contribution in [0.2, 0.25) is 5.02 Å². The molecule has 0 unspecified atom stereocenters. The molecule has 142 valence electrons. The zero-order chi connectivity index (χ0) is 19.0. The van der Waals surface area contributed by atoms with Crippen molar-refractivity contribution < 1.29 is 13.2 Å². The maximum absolute atomic E-state index is 13.2. The number of piperazine rings is 1. The summed E-state index contributed by atoms with van der Waals surface area (Å²) >= 11 is 6.00. The van der Waals surface area contributed by atoms with Crippen LogP contribution in [0.15, 0.2) is 53.6 Å². The molecule has 1 saturated heterocycles. The molecule has 0 amide bonds. The first-order valence-electron chi connectivity index (χ1n) is 8.67. The number of fused-ring (bicyclic) bond motifs is 1. The third-order valence-corrected chi connectivity index (χ3v) is 6.69. The molecule has 1 aliphatic rings. The predicted molar refractivity (Wildman–Crippen MR) is 108 cm³/mol. The van der Waals surface area contributed by atoms with E-state index in [-0.39, 0.29) is 4.90 Å². The van der Waals surface area contributed by atoms with Crippen molar-refractivity contribution in [1.29, 1.82) is 0 Å². The van der Waals surface area contributed by atoms with Gasteiger partial charge in [0.15, 0.2) is 0 Å². The van der Waals surface area contributed by atoms with Gasteiger partial charge in [-0.1, -0.05) is 17.7 Å². The van der Waals surface area contributed by atoms with E-state index in [0.29, 0.717) is 16.3 Å². The summed E-state index contributed by atoms with van der Waals surface area (Å²) in [5, 5.41) is 4.56. The van der Waals surface area contributed by atoms with E-state index < -0.39 is 10.0 Å². The Morgan fingerprint density at radius 2 is 1.89 bits per heavy atom. The summed E-state index contributed by atoms with van der Waals surface area (Å²) in [5.41, 5.74) is 1.54. The molecule has 4 rings (SSSR count). The van der Waals surface area contributed by atoms with Crippen LogP contribution in [0.1, 0.15) is 0 Å². The minimum Gasteiger partial charge on any atom is -0.495 e. The van der Waals surface area contributed by atoms with E-state index in [1.165, 1.54) is 10.0 Å². The second kappa shape index (κ2) is 7.07. The van der Waals surface area contributed by atoms with Crippen LogP contribution in [0.3, 0.4) is 0 Å². The average Bonchev–Trinajstić information content (AvgIpc) is 3.14. The summed E-state index contributed by atoms with van der Waals surface area (Å²) < 4.78 is 33.2. The van der Waals surface area contributed by atoms with E-state index in [9.17, 15) is 8.42 Å². The van der Waals surface area contributed by atoms with Crippen LogP contribution in [-0.4, -0.2) is 45.7 Å². The number of anilines is 1. The molecule has 1 aromatic heterocycles. The van der Waals surface area contributed by atoms with Gasteiger partial charge in [0.1, 0.15) is 11.3 Å². The van der Waals surface area contributed by atoms with E-state index in [2.05, 4.69) is 10.2 Å². The lowest BCUT2D eigenvalue weighted by molar-refractivity contribution is 0.418. The molecule has 2 aromatic carbocycles. The third kappa shape index (κ3) is 3.16. The lowest BCUT2D eigenvalue weighted by atomic mass is 10.1. The van der Waals surface area contributed by atoms with Gasteiger partial charge in [0.2, 0.25) is 0 Å². The molecule has 1 fully saturated rings. The number of methoxy groups -OCH3 is 1. The van der Waals surface area contributed by atoms with Crippen molar-refractivity contribution in [1.82, 2.24) is 9.29 Å². The predicted octanol–water partition coefficient (Wildman–Crippen LogP) is 2.95. The number of aromatic nitrogens is 1. The van der Waals surface area contributed by atoms with Gasteiger partial charge in [-0.25, -0.2) is 12.4 Å². The van der Waals surface area contributed by atoms with Gasteiger partial charge in [-0.3, -0.25) is 0 Å². The van der Waals surface area contributed by atoms with Crippen LogP contribution in [0.25, 0.3) is 10.9 Å². The molecule has 0 saturated carbocycles. The normalized spacial score (nSPS) is 15.3. The lowest BCUT2D eigenvalue weighted by Crippen LogP contribution is -2.43. The molecule has 1 N–H and O–H groups in total. The Labute approximate surface area is 163 Å². The van der Waals surface area contributed by atoms with Crippen molar-refractivity contribution in [2.75, 3.05) is 38.2 Å². The van der Waals surface area contributed by atoms with Crippen LogP contribution in [0.5, 0.6) is 5.75 Å². The SMILES string of the molecule is COc1ccc(N2CCNCC2)c2ccn(S(=O)(=O)c3cccc(Cl)c3)c12. The first-order valence-corrected chi connectivity index (χ1v) is 10.5. The molecule has 27 heavy (non-hydrogen) atoms. The van der Waals surface area contributed by atoms with Gasteiger partial charge in [0.05, 0.1) is 12.0 Å². The van der Waals surface area contributed by atoms with Gasteiger partial charge < -0.3 is 15.0 Å². The van der Waals surface area contributed by atoms with Crippen LogP contribution >= 0.6 is 11.6 Å². The summed E-state index contributed by atoms with van der Waals surface area (Å²) in [6.45, 7) is 3.53. The summed E-state index contributed by atoms with van der Waals surface area (Å²) in [6, 6.07) is 11.9. The summed E-state index contributed by atoms with van der Waals surface area (Å²) in [4.78, 5) is 2.40. The van der Waals surface area contributed by atoms with Crippen LogP contribution in [0.4, 0.5) is 5.69 Å². The van der Waals surface area contributed by atoms with Crippen LogP contribution < -0.4 is 15.0 Å².